The maximum Gasteiger partial charge on any atom is 0.251 e. The highest BCUT2D eigenvalue weighted by Crippen LogP contribution is 2.48. The van der Waals surface area contributed by atoms with Crippen LogP contribution in [0.2, 0.25) is 0 Å². The lowest BCUT2D eigenvalue weighted by atomic mass is 10.1. The van der Waals surface area contributed by atoms with Crippen LogP contribution in [0.25, 0.3) is 0 Å². The van der Waals surface area contributed by atoms with E-state index in [0.29, 0.717) is 5.69 Å². The van der Waals surface area contributed by atoms with E-state index < -0.39 is 11.7 Å². The van der Waals surface area contributed by atoms with E-state index in [4.69, 9.17) is 5.73 Å². The van der Waals surface area contributed by atoms with Crippen LogP contribution in [0.4, 0.5) is 10.1 Å². The molecule has 1 saturated carbocycles. The van der Waals surface area contributed by atoms with E-state index in [1.165, 1.54) is 12.1 Å². The zero-order valence-electron chi connectivity index (χ0n) is 12.1. The number of hydrogen-bond acceptors (Lipinski definition) is 2. The van der Waals surface area contributed by atoms with E-state index in [1.807, 2.05) is 24.3 Å². The minimum Gasteiger partial charge on any atom is -0.366 e. The van der Waals surface area contributed by atoms with Crippen molar-refractivity contribution in [1.82, 2.24) is 0 Å². The molecule has 2 unspecified atom stereocenters. The summed E-state index contributed by atoms with van der Waals surface area (Å²) < 4.78 is 14.4. The lowest BCUT2D eigenvalue weighted by molar-refractivity contribution is -0.117. The average molecular weight is 377 g/mol. The van der Waals surface area contributed by atoms with Gasteiger partial charge in [0.25, 0.3) is 5.91 Å². The van der Waals surface area contributed by atoms with Gasteiger partial charge in [0.1, 0.15) is 5.82 Å². The summed E-state index contributed by atoms with van der Waals surface area (Å²) in [6, 6.07) is 11.7. The molecule has 4 nitrogen and oxygen atoms in total. The van der Waals surface area contributed by atoms with Crippen LogP contribution < -0.4 is 11.1 Å². The van der Waals surface area contributed by atoms with Gasteiger partial charge in [0, 0.05) is 16.1 Å². The second-order valence-corrected chi connectivity index (χ2v) is 6.47. The monoisotopic (exact) mass is 376 g/mol. The highest BCUT2D eigenvalue weighted by Gasteiger charge is 2.44. The van der Waals surface area contributed by atoms with Crippen LogP contribution in [0.1, 0.15) is 28.3 Å². The van der Waals surface area contributed by atoms with E-state index in [1.54, 1.807) is 0 Å². The number of amides is 2. The number of nitrogens with one attached hydrogen (secondary N) is 1. The zero-order chi connectivity index (χ0) is 16.6. The number of rotatable bonds is 4. The van der Waals surface area contributed by atoms with Gasteiger partial charge in [0.2, 0.25) is 5.91 Å². The van der Waals surface area contributed by atoms with Gasteiger partial charge in [-0.1, -0.05) is 28.1 Å². The molecule has 0 heterocycles. The molecular formula is C17H14BrFN2O2. The average Bonchev–Trinajstić information content (AvgIpc) is 3.29. The lowest BCUT2D eigenvalue weighted by Crippen LogP contribution is -2.17. The minimum absolute atomic E-state index is 0.119. The number of benzene rings is 2. The van der Waals surface area contributed by atoms with Crippen molar-refractivity contribution < 1.29 is 14.0 Å². The van der Waals surface area contributed by atoms with Crippen molar-refractivity contribution in [2.45, 2.75) is 12.3 Å². The standard InChI is InChI=1S/C17H14BrFN2O2/c18-10-3-1-2-9(6-10)12-8-13(12)17(23)21-11-4-5-15(19)14(7-11)16(20)22/h1-7,12-13H,8H2,(H2,20,22)(H,21,23). The fraction of sp³-hybridized carbons (Fsp3) is 0.176. The Bertz CT molecular complexity index is 794. The van der Waals surface area contributed by atoms with Crippen molar-refractivity contribution in [3.63, 3.8) is 0 Å². The van der Waals surface area contributed by atoms with Gasteiger partial charge < -0.3 is 11.1 Å². The molecule has 1 fully saturated rings. The first-order valence-electron chi connectivity index (χ1n) is 7.11. The Morgan fingerprint density at radius 2 is 2.00 bits per heavy atom. The molecule has 6 heteroatoms. The fourth-order valence-corrected chi connectivity index (χ4v) is 3.03. The number of anilines is 1. The Morgan fingerprint density at radius 3 is 2.70 bits per heavy atom. The molecule has 0 aliphatic heterocycles. The van der Waals surface area contributed by atoms with Crippen molar-refractivity contribution in [3.8, 4) is 0 Å². The Kier molecular flexibility index (Phi) is 4.17. The van der Waals surface area contributed by atoms with Crippen molar-refractivity contribution in [1.29, 1.82) is 0 Å². The third-order valence-corrected chi connectivity index (χ3v) is 4.40. The van der Waals surface area contributed by atoms with E-state index >= 15 is 0 Å². The normalized spacial score (nSPS) is 19.2. The summed E-state index contributed by atoms with van der Waals surface area (Å²) in [5.41, 5.74) is 6.34. The van der Waals surface area contributed by atoms with Gasteiger partial charge in [0.15, 0.2) is 0 Å². The second-order valence-electron chi connectivity index (χ2n) is 5.55. The first-order chi connectivity index (χ1) is 11.0. The number of nitrogens with two attached hydrogens (primary N) is 1. The molecule has 2 atom stereocenters. The smallest absolute Gasteiger partial charge is 0.251 e. The van der Waals surface area contributed by atoms with Crippen molar-refractivity contribution in [2.75, 3.05) is 5.32 Å². The molecule has 118 valence electrons. The van der Waals surface area contributed by atoms with Crippen molar-refractivity contribution in [2.24, 2.45) is 11.7 Å². The maximum absolute atomic E-state index is 13.4. The number of carbonyl (C=O) groups excluding carboxylic acids is 2. The molecule has 2 amide bonds. The lowest BCUT2D eigenvalue weighted by Gasteiger charge is -2.07. The van der Waals surface area contributed by atoms with Gasteiger partial charge in [-0.2, -0.15) is 0 Å². The Morgan fingerprint density at radius 1 is 1.22 bits per heavy atom. The first kappa shape index (κ1) is 15.7. The van der Waals surface area contributed by atoms with Crippen molar-refractivity contribution in [3.05, 3.63) is 63.9 Å². The number of hydrogen-bond donors (Lipinski definition) is 2. The number of halogens is 2. The second kappa shape index (κ2) is 6.12. The number of carbonyl (C=O) groups is 2. The molecule has 0 saturated heterocycles. The molecule has 0 spiro atoms. The Labute approximate surface area is 141 Å². The molecule has 0 bridgehead atoms. The Balaban J connectivity index is 1.69. The van der Waals surface area contributed by atoms with Gasteiger partial charge in [-0.15, -0.1) is 0 Å². The maximum atomic E-state index is 13.4. The largest absolute Gasteiger partial charge is 0.366 e. The SMILES string of the molecule is NC(=O)c1cc(NC(=O)C2CC2c2cccc(Br)c2)ccc1F. The van der Waals surface area contributed by atoms with Gasteiger partial charge >= 0.3 is 0 Å². The van der Waals surface area contributed by atoms with Gasteiger partial charge in [-0.3, -0.25) is 9.59 Å². The topological polar surface area (TPSA) is 72.2 Å². The molecule has 0 radical (unpaired) electrons. The van der Waals surface area contributed by atoms with Crippen LogP contribution in [0.15, 0.2) is 46.9 Å². The van der Waals surface area contributed by atoms with Gasteiger partial charge in [0.05, 0.1) is 5.56 Å². The van der Waals surface area contributed by atoms with Crippen LogP contribution in [-0.2, 0) is 4.79 Å². The molecule has 1 aliphatic carbocycles. The zero-order valence-corrected chi connectivity index (χ0v) is 13.6. The molecule has 1 aliphatic rings. The molecule has 3 rings (SSSR count). The summed E-state index contributed by atoms with van der Waals surface area (Å²) in [5, 5.41) is 2.72. The Hall–Kier alpha value is -2.21. The third-order valence-electron chi connectivity index (χ3n) is 3.90. The minimum atomic E-state index is -0.864. The molecule has 2 aromatic rings. The predicted molar refractivity (Wildman–Crippen MR) is 88.5 cm³/mol. The van der Waals surface area contributed by atoms with Gasteiger partial charge in [-0.05, 0) is 48.2 Å². The predicted octanol–water partition coefficient (Wildman–Crippen LogP) is 3.43. The molecule has 3 N–H and O–H groups in total. The van der Waals surface area contributed by atoms with Crippen LogP contribution in [0.3, 0.4) is 0 Å². The highest BCUT2D eigenvalue weighted by molar-refractivity contribution is 9.10. The van der Waals surface area contributed by atoms with Crippen LogP contribution in [0.5, 0.6) is 0 Å². The molecular weight excluding hydrogens is 363 g/mol. The molecule has 23 heavy (non-hydrogen) atoms. The van der Waals surface area contributed by atoms with Gasteiger partial charge in [-0.25, -0.2) is 4.39 Å². The highest BCUT2D eigenvalue weighted by atomic mass is 79.9. The summed E-state index contributed by atoms with van der Waals surface area (Å²) in [4.78, 5) is 23.4. The summed E-state index contributed by atoms with van der Waals surface area (Å²) in [6.45, 7) is 0. The summed E-state index contributed by atoms with van der Waals surface area (Å²) in [5.74, 6) is -1.64. The van der Waals surface area contributed by atoms with E-state index in [9.17, 15) is 14.0 Å². The van der Waals surface area contributed by atoms with Crippen LogP contribution in [0, 0.1) is 11.7 Å². The fourth-order valence-electron chi connectivity index (χ4n) is 2.62. The molecule has 0 aromatic heterocycles. The van der Waals surface area contributed by atoms with Crippen LogP contribution in [-0.4, -0.2) is 11.8 Å². The van der Waals surface area contributed by atoms with E-state index in [2.05, 4.69) is 21.2 Å². The third kappa shape index (κ3) is 3.42. The van der Waals surface area contributed by atoms with E-state index in [0.717, 1.165) is 22.5 Å². The van der Waals surface area contributed by atoms with Crippen LogP contribution >= 0.6 is 15.9 Å². The summed E-state index contributed by atoms with van der Waals surface area (Å²) in [6.07, 6.45) is 0.770. The summed E-state index contributed by atoms with van der Waals surface area (Å²) >= 11 is 3.42. The number of primary amides is 1. The molecule has 2 aromatic carbocycles. The van der Waals surface area contributed by atoms with E-state index in [-0.39, 0.29) is 23.3 Å². The quantitative estimate of drug-likeness (QED) is 0.857. The van der Waals surface area contributed by atoms with Crippen molar-refractivity contribution >= 4 is 33.4 Å². The first-order valence-corrected chi connectivity index (χ1v) is 7.90. The summed E-state index contributed by atoms with van der Waals surface area (Å²) in [7, 11) is 0.